The van der Waals surface area contributed by atoms with Crippen molar-refractivity contribution in [2.24, 2.45) is 0 Å². The molecule has 84 valence electrons. The van der Waals surface area contributed by atoms with E-state index < -0.39 is 10.8 Å². The SMILES string of the molecule is N#Cc1ccccc1CN1CCS(=O)CC1. The maximum absolute atomic E-state index is 11.2. The van der Waals surface area contributed by atoms with Crippen molar-refractivity contribution in [2.45, 2.75) is 6.54 Å². The summed E-state index contributed by atoms with van der Waals surface area (Å²) in [5.74, 6) is 1.52. The molecule has 1 fully saturated rings. The fraction of sp³-hybridized carbons (Fsp3) is 0.417. The Kier molecular flexibility index (Phi) is 3.70. The van der Waals surface area contributed by atoms with Gasteiger partial charge in [0.25, 0.3) is 0 Å². The Hall–Kier alpha value is -1.18. The lowest BCUT2D eigenvalue weighted by atomic mass is 10.1. The minimum atomic E-state index is -0.633. The summed E-state index contributed by atoms with van der Waals surface area (Å²) in [4.78, 5) is 2.26. The van der Waals surface area contributed by atoms with Crippen LogP contribution in [0.4, 0.5) is 0 Å². The summed E-state index contributed by atoms with van der Waals surface area (Å²) >= 11 is 0. The van der Waals surface area contributed by atoms with Gasteiger partial charge in [0.1, 0.15) is 0 Å². The number of benzene rings is 1. The van der Waals surface area contributed by atoms with Crippen LogP contribution >= 0.6 is 0 Å². The van der Waals surface area contributed by atoms with Gasteiger partial charge in [-0.2, -0.15) is 5.26 Å². The van der Waals surface area contributed by atoms with Crippen LogP contribution in [-0.4, -0.2) is 33.7 Å². The lowest BCUT2D eigenvalue weighted by Crippen LogP contribution is -2.37. The lowest BCUT2D eigenvalue weighted by molar-refractivity contribution is 0.291. The van der Waals surface area contributed by atoms with Gasteiger partial charge < -0.3 is 0 Å². The Bertz CT molecular complexity index is 429. The first-order valence-electron chi connectivity index (χ1n) is 5.35. The van der Waals surface area contributed by atoms with Gasteiger partial charge in [-0.1, -0.05) is 18.2 Å². The monoisotopic (exact) mass is 234 g/mol. The Morgan fingerprint density at radius 1 is 1.31 bits per heavy atom. The number of rotatable bonds is 2. The lowest BCUT2D eigenvalue weighted by Gasteiger charge is -2.26. The number of hydrogen-bond donors (Lipinski definition) is 0. The predicted octanol–water partition coefficient (Wildman–Crippen LogP) is 1.12. The molecule has 1 aliphatic heterocycles. The van der Waals surface area contributed by atoms with E-state index in [1.54, 1.807) is 0 Å². The molecule has 1 aliphatic rings. The van der Waals surface area contributed by atoms with Crippen LogP contribution in [0.3, 0.4) is 0 Å². The molecule has 0 atom stereocenters. The van der Waals surface area contributed by atoms with E-state index >= 15 is 0 Å². The van der Waals surface area contributed by atoms with Crippen LogP contribution in [0.15, 0.2) is 24.3 Å². The fourth-order valence-electron chi connectivity index (χ4n) is 1.84. The molecule has 0 spiro atoms. The van der Waals surface area contributed by atoms with Crippen molar-refractivity contribution in [1.29, 1.82) is 5.26 Å². The van der Waals surface area contributed by atoms with Gasteiger partial charge in [-0.05, 0) is 11.6 Å². The maximum Gasteiger partial charge on any atom is 0.0995 e. The van der Waals surface area contributed by atoms with Gasteiger partial charge in [0.15, 0.2) is 0 Å². The molecule has 16 heavy (non-hydrogen) atoms. The molecule has 1 aromatic carbocycles. The van der Waals surface area contributed by atoms with Gasteiger partial charge in [-0.25, -0.2) is 0 Å². The highest BCUT2D eigenvalue weighted by atomic mass is 32.2. The molecule has 0 unspecified atom stereocenters. The summed E-state index contributed by atoms with van der Waals surface area (Å²) in [6.07, 6.45) is 0. The molecule has 0 radical (unpaired) electrons. The molecule has 0 aliphatic carbocycles. The Morgan fingerprint density at radius 2 is 2.00 bits per heavy atom. The molecular formula is C12H14N2OS. The topological polar surface area (TPSA) is 44.1 Å². The van der Waals surface area contributed by atoms with E-state index in [9.17, 15) is 4.21 Å². The van der Waals surface area contributed by atoms with Gasteiger partial charge in [0.2, 0.25) is 0 Å². The van der Waals surface area contributed by atoms with Crippen LogP contribution in [0.25, 0.3) is 0 Å². The van der Waals surface area contributed by atoms with E-state index in [4.69, 9.17) is 5.26 Å². The van der Waals surface area contributed by atoms with E-state index in [0.717, 1.165) is 42.3 Å². The van der Waals surface area contributed by atoms with Crippen molar-refractivity contribution < 1.29 is 4.21 Å². The summed E-state index contributed by atoms with van der Waals surface area (Å²) < 4.78 is 11.2. The molecule has 0 N–H and O–H groups in total. The minimum absolute atomic E-state index is 0.633. The van der Waals surface area contributed by atoms with Crippen molar-refractivity contribution >= 4 is 10.8 Å². The third-order valence-electron chi connectivity index (χ3n) is 2.80. The first kappa shape index (κ1) is 11.3. The molecule has 0 aromatic heterocycles. The molecule has 4 heteroatoms. The zero-order valence-corrected chi connectivity index (χ0v) is 9.87. The van der Waals surface area contributed by atoms with Gasteiger partial charge >= 0.3 is 0 Å². The van der Waals surface area contributed by atoms with Crippen molar-refractivity contribution in [3.63, 3.8) is 0 Å². The third-order valence-corrected chi connectivity index (χ3v) is 4.08. The smallest absolute Gasteiger partial charge is 0.0995 e. The summed E-state index contributed by atoms with van der Waals surface area (Å²) in [6.45, 7) is 2.53. The minimum Gasteiger partial charge on any atom is -0.297 e. The molecule has 1 aromatic rings. The highest BCUT2D eigenvalue weighted by molar-refractivity contribution is 7.85. The zero-order chi connectivity index (χ0) is 11.4. The third kappa shape index (κ3) is 2.69. The van der Waals surface area contributed by atoms with Crippen molar-refractivity contribution in [1.82, 2.24) is 4.90 Å². The van der Waals surface area contributed by atoms with Crippen LogP contribution < -0.4 is 0 Å². The second-order valence-electron chi connectivity index (χ2n) is 3.89. The summed E-state index contributed by atoms with van der Waals surface area (Å²) in [5.41, 5.74) is 1.81. The molecule has 1 heterocycles. The van der Waals surface area contributed by atoms with Gasteiger partial charge in [0.05, 0.1) is 11.6 Å². The Labute approximate surface area is 98.1 Å². The Morgan fingerprint density at radius 3 is 2.69 bits per heavy atom. The largest absolute Gasteiger partial charge is 0.297 e. The average Bonchev–Trinajstić information content (AvgIpc) is 2.33. The number of hydrogen-bond acceptors (Lipinski definition) is 3. The van der Waals surface area contributed by atoms with E-state index in [1.807, 2.05) is 24.3 Å². The van der Waals surface area contributed by atoms with Gasteiger partial charge in [-0.3, -0.25) is 9.11 Å². The van der Waals surface area contributed by atoms with Crippen LogP contribution in [0, 0.1) is 11.3 Å². The summed E-state index contributed by atoms with van der Waals surface area (Å²) in [5, 5.41) is 8.97. The van der Waals surface area contributed by atoms with E-state index in [-0.39, 0.29) is 0 Å². The molecule has 0 saturated carbocycles. The van der Waals surface area contributed by atoms with Crippen molar-refractivity contribution in [3.05, 3.63) is 35.4 Å². The van der Waals surface area contributed by atoms with Crippen molar-refractivity contribution in [2.75, 3.05) is 24.6 Å². The Balaban J connectivity index is 2.04. The van der Waals surface area contributed by atoms with E-state index in [2.05, 4.69) is 11.0 Å². The second kappa shape index (κ2) is 5.24. The first-order chi connectivity index (χ1) is 7.79. The molecular weight excluding hydrogens is 220 g/mol. The fourth-order valence-corrected chi connectivity index (χ4v) is 2.97. The molecule has 0 amide bonds. The summed E-state index contributed by atoms with van der Waals surface area (Å²) in [7, 11) is -0.633. The highest BCUT2D eigenvalue weighted by Gasteiger charge is 2.15. The second-order valence-corrected chi connectivity index (χ2v) is 5.59. The highest BCUT2D eigenvalue weighted by Crippen LogP contribution is 2.12. The van der Waals surface area contributed by atoms with Crippen LogP contribution in [0.1, 0.15) is 11.1 Å². The number of nitrogens with zero attached hydrogens (tertiary/aromatic N) is 2. The average molecular weight is 234 g/mol. The van der Waals surface area contributed by atoms with Crippen LogP contribution in [0.2, 0.25) is 0 Å². The predicted molar refractivity (Wildman–Crippen MR) is 64.3 cm³/mol. The van der Waals surface area contributed by atoms with Gasteiger partial charge in [-0.15, -0.1) is 0 Å². The quantitative estimate of drug-likeness (QED) is 0.770. The van der Waals surface area contributed by atoms with Crippen molar-refractivity contribution in [3.8, 4) is 6.07 Å². The maximum atomic E-state index is 11.2. The van der Waals surface area contributed by atoms with Gasteiger partial charge in [0, 0.05) is 41.9 Å². The van der Waals surface area contributed by atoms with Crippen LogP contribution in [-0.2, 0) is 17.3 Å². The number of nitriles is 1. The molecule has 1 saturated heterocycles. The van der Waals surface area contributed by atoms with Crippen LogP contribution in [0.5, 0.6) is 0 Å². The normalized spacial score (nSPS) is 18.2. The molecule has 3 nitrogen and oxygen atoms in total. The van der Waals surface area contributed by atoms with E-state index in [1.165, 1.54) is 0 Å². The standard InChI is InChI=1S/C12H14N2OS/c13-9-11-3-1-2-4-12(11)10-14-5-7-16(15)8-6-14/h1-4H,5-8,10H2. The first-order valence-corrected chi connectivity index (χ1v) is 6.84. The zero-order valence-electron chi connectivity index (χ0n) is 9.06. The van der Waals surface area contributed by atoms with E-state index in [0.29, 0.717) is 0 Å². The molecule has 0 bridgehead atoms. The summed E-state index contributed by atoms with van der Waals surface area (Å²) in [6, 6.07) is 9.88. The molecule has 2 rings (SSSR count).